The number of hydrogen-bond donors (Lipinski definition) is 2. The Bertz CT molecular complexity index is 364. The summed E-state index contributed by atoms with van der Waals surface area (Å²) in [4.78, 5) is 0. The van der Waals surface area contributed by atoms with Crippen molar-refractivity contribution >= 4 is 11.8 Å². The standard InChI is InChI=1S/C16H27NOS/c1-6-17-16(14(5)19-13(4)12(3)18)15-9-7-11(2)8-10-15/h7-10,12-14,16-18H,6H2,1-5H3. The lowest BCUT2D eigenvalue weighted by molar-refractivity contribution is 0.196. The molecule has 108 valence electrons. The summed E-state index contributed by atoms with van der Waals surface area (Å²) in [7, 11) is 0. The van der Waals surface area contributed by atoms with Gasteiger partial charge in [-0.25, -0.2) is 0 Å². The summed E-state index contributed by atoms with van der Waals surface area (Å²) >= 11 is 1.84. The molecule has 0 fully saturated rings. The maximum atomic E-state index is 9.65. The molecule has 2 nitrogen and oxygen atoms in total. The molecule has 4 atom stereocenters. The van der Waals surface area contributed by atoms with Gasteiger partial charge in [0.05, 0.1) is 6.10 Å². The molecule has 2 N–H and O–H groups in total. The maximum Gasteiger partial charge on any atom is 0.0628 e. The highest BCUT2D eigenvalue weighted by atomic mass is 32.2. The number of benzene rings is 1. The second kappa shape index (κ2) is 7.93. The lowest BCUT2D eigenvalue weighted by atomic mass is 10.0. The van der Waals surface area contributed by atoms with Crippen LogP contribution in [0.1, 0.15) is 44.9 Å². The van der Waals surface area contributed by atoms with Gasteiger partial charge >= 0.3 is 0 Å². The number of rotatable bonds is 7. The Morgan fingerprint density at radius 3 is 2.16 bits per heavy atom. The molecule has 0 aliphatic carbocycles. The van der Waals surface area contributed by atoms with Crippen molar-refractivity contribution in [1.29, 1.82) is 0 Å². The van der Waals surface area contributed by atoms with Crippen LogP contribution in [0.3, 0.4) is 0 Å². The van der Waals surface area contributed by atoms with Crippen LogP contribution < -0.4 is 5.32 Å². The zero-order valence-electron chi connectivity index (χ0n) is 12.7. The Hall–Kier alpha value is -0.510. The van der Waals surface area contributed by atoms with Crippen LogP contribution in [0.25, 0.3) is 0 Å². The van der Waals surface area contributed by atoms with Crippen LogP contribution in [0.15, 0.2) is 24.3 Å². The molecular formula is C16H27NOS. The highest BCUT2D eigenvalue weighted by molar-refractivity contribution is 8.00. The largest absolute Gasteiger partial charge is 0.392 e. The van der Waals surface area contributed by atoms with Crippen LogP contribution in [0.2, 0.25) is 0 Å². The Morgan fingerprint density at radius 1 is 1.11 bits per heavy atom. The predicted octanol–water partition coefficient (Wildman–Crippen LogP) is 3.54. The van der Waals surface area contributed by atoms with Crippen LogP contribution in [-0.4, -0.2) is 28.3 Å². The summed E-state index contributed by atoms with van der Waals surface area (Å²) in [5.41, 5.74) is 2.61. The van der Waals surface area contributed by atoms with Crippen LogP contribution >= 0.6 is 11.8 Å². The summed E-state index contributed by atoms with van der Waals surface area (Å²) in [6, 6.07) is 9.06. The van der Waals surface area contributed by atoms with Gasteiger partial charge in [0.25, 0.3) is 0 Å². The van der Waals surface area contributed by atoms with E-state index in [1.807, 2.05) is 18.7 Å². The molecule has 1 aromatic rings. The van der Waals surface area contributed by atoms with E-state index in [4.69, 9.17) is 0 Å². The van der Waals surface area contributed by atoms with Crippen molar-refractivity contribution in [2.45, 2.75) is 57.3 Å². The molecule has 1 rings (SSSR count). The summed E-state index contributed by atoms with van der Waals surface area (Å²) in [5.74, 6) is 0. The van der Waals surface area contributed by atoms with Crippen LogP contribution in [0, 0.1) is 6.92 Å². The maximum absolute atomic E-state index is 9.65. The molecule has 0 spiro atoms. The fourth-order valence-corrected chi connectivity index (χ4v) is 3.39. The third kappa shape index (κ3) is 5.17. The normalized spacial score (nSPS) is 17.8. The summed E-state index contributed by atoms with van der Waals surface area (Å²) < 4.78 is 0. The van der Waals surface area contributed by atoms with Gasteiger partial charge in [-0.1, -0.05) is 50.6 Å². The molecule has 1 aromatic carbocycles. The van der Waals surface area contributed by atoms with Gasteiger partial charge in [0, 0.05) is 16.5 Å². The second-order valence-corrected chi connectivity index (χ2v) is 6.99. The van der Waals surface area contributed by atoms with Crippen LogP contribution in [0.5, 0.6) is 0 Å². The van der Waals surface area contributed by atoms with Gasteiger partial charge in [-0.2, -0.15) is 11.8 Å². The van der Waals surface area contributed by atoms with Gasteiger partial charge < -0.3 is 10.4 Å². The third-order valence-corrected chi connectivity index (χ3v) is 4.96. The Morgan fingerprint density at radius 2 is 1.68 bits per heavy atom. The molecule has 0 radical (unpaired) electrons. The van der Waals surface area contributed by atoms with Crippen molar-refractivity contribution in [3.05, 3.63) is 35.4 Å². The molecule has 0 aromatic heterocycles. The summed E-state index contributed by atoms with van der Waals surface area (Å²) in [6.45, 7) is 11.4. The predicted molar refractivity (Wildman–Crippen MR) is 85.8 cm³/mol. The molecule has 4 unspecified atom stereocenters. The summed E-state index contributed by atoms with van der Waals surface area (Å²) in [6.07, 6.45) is -0.271. The minimum atomic E-state index is -0.271. The number of aryl methyl sites for hydroxylation is 1. The van der Waals surface area contributed by atoms with Crippen molar-refractivity contribution in [1.82, 2.24) is 5.32 Å². The molecule has 19 heavy (non-hydrogen) atoms. The van der Waals surface area contributed by atoms with Gasteiger partial charge in [0.2, 0.25) is 0 Å². The van der Waals surface area contributed by atoms with E-state index >= 15 is 0 Å². The van der Waals surface area contributed by atoms with E-state index in [9.17, 15) is 5.11 Å². The molecule has 0 saturated heterocycles. The number of aliphatic hydroxyl groups is 1. The first-order chi connectivity index (χ1) is 8.95. The molecule has 0 aliphatic rings. The van der Waals surface area contributed by atoms with Gasteiger partial charge in [0.15, 0.2) is 0 Å². The van der Waals surface area contributed by atoms with Crippen molar-refractivity contribution in [3.8, 4) is 0 Å². The Labute approximate surface area is 122 Å². The van der Waals surface area contributed by atoms with Crippen molar-refractivity contribution in [2.24, 2.45) is 0 Å². The second-order valence-electron chi connectivity index (χ2n) is 5.23. The van der Waals surface area contributed by atoms with Crippen molar-refractivity contribution in [3.63, 3.8) is 0 Å². The number of hydrogen-bond acceptors (Lipinski definition) is 3. The summed E-state index contributed by atoms with van der Waals surface area (Å²) in [5, 5.41) is 13.9. The molecular weight excluding hydrogens is 254 g/mol. The monoisotopic (exact) mass is 281 g/mol. The minimum absolute atomic E-state index is 0.251. The third-order valence-electron chi connectivity index (χ3n) is 3.44. The zero-order chi connectivity index (χ0) is 14.4. The molecule has 0 saturated carbocycles. The van der Waals surface area contributed by atoms with E-state index in [0.29, 0.717) is 11.3 Å². The van der Waals surface area contributed by atoms with Gasteiger partial charge in [0.1, 0.15) is 0 Å². The minimum Gasteiger partial charge on any atom is -0.392 e. The average molecular weight is 281 g/mol. The van der Waals surface area contributed by atoms with E-state index in [0.717, 1.165) is 6.54 Å². The van der Waals surface area contributed by atoms with E-state index in [2.05, 4.69) is 57.3 Å². The van der Waals surface area contributed by atoms with E-state index < -0.39 is 0 Å². The van der Waals surface area contributed by atoms with E-state index in [1.54, 1.807) is 0 Å². The van der Waals surface area contributed by atoms with Gasteiger partial charge in [-0.3, -0.25) is 0 Å². The first-order valence-corrected chi connectivity index (χ1v) is 8.03. The molecule has 3 heteroatoms. The first kappa shape index (κ1) is 16.5. The zero-order valence-corrected chi connectivity index (χ0v) is 13.5. The molecule has 0 bridgehead atoms. The van der Waals surface area contributed by atoms with Gasteiger partial charge in [-0.15, -0.1) is 0 Å². The number of thioether (sulfide) groups is 1. The number of nitrogens with one attached hydrogen (secondary N) is 1. The lowest BCUT2D eigenvalue weighted by Crippen LogP contribution is -2.31. The highest BCUT2D eigenvalue weighted by Crippen LogP contribution is 2.30. The fourth-order valence-electron chi connectivity index (χ4n) is 2.08. The topological polar surface area (TPSA) is 32.3 Å². The number of aliphatic hydroxyl groups excluding tert-OH is 1. The average Bonchev–Trinajstić information content (AvgIpc) is 2.37. The fraction of sp³-hybridized carbons (Fsp3) is 0.625. The van der Waals surface area contributed by atoms with Crippen molar-refractivity contribution < 1.29 is 5.11 Å². The lowest BCUT2D eigenvalue weighted by Gasteiger charge is -2.28. The molecule has 0 heterocycles. The highest BCUT2D eigenvalue weighted by Gasteiger charge is 2.22. The molecule has 0 aliphatic heterocycles. The van der Waals surface area contributed by atoms with Crippen LogP contribution in [-0.2, 0) is 0 Å². The SMILES string of the molecule is CCNC(c1ccc(C)cc1)C(C)SC(C)C(C)O. The van der Waals surface area contributed by atoms with E-state index in [1.165, 1.54) is 11.1 Å². The first-order valence-electron chi connectivity index (χ1n) is 7.09. The van der Waals surface area contributed by atoms with Crippen molar-refractivity contribution in [2.75, 3.05) is 6.54 Å². The Kier molecular flexibility index (Phi) is 6.90. The van der Waals surface area contributed by atoms with E-state index in [-0.39, 0.29) is 11.4 Å². The molecule has 0 amide bonds. The quantitative estimate of drug-likeness (QED) is 0.802. The van der Waals surface area contributed by atoms with Crippen LogP contribution in [0.4, 0.5) is 0 Å². The smallest absolute Gasteiger partial charge is 0.0628 e. The Balaban J connectivity index is 2.78. The van der Waals surface area contributed by atoms with Gasteiger partial charge in [-0.05, 0) is 26.0 Å².